The van der Waals surface area contributed by atoms with E-state index in [0.29, 0.717) is 6.42 Å². The van der Waals surface area contributed by atoms with Crippen LogP contribution in [0.5, 0.6) is 0 Å². The van der Waals surface area contributed by atoms with Crippen molar-refractivity contribution in [3.63, 3.8) is 0 Å². The van der Waals surface area contributed by atoms with Crippen LogP contribution < -0.4 is 5.32 Å². The van der Waals surface area contributed by atoms with Gasteiger partial charge in [0, 0.05) is 23.2 Å². The Morgan fingerprint density at radius 1 is 1.10 bits per heavy atom. The van der Waals surface area contributed by atoms with Crippen molar-refractivity contribution in [2.75, 3.05) is 0 Å². The molecule has 0 aliphatic rings. The molecule has 6 heteroatoms. The Labute approximate surface area is 183 Å². The molecule has 0 aliphatic carbocycles. The molecule has 0 aliphatic heterocycles. The van der Waals surface area contributed by atoms with Crippen LogP contribution in [0.3, 0.4) is 0 Å². The number of benzene rings is 2. The maximum Gasteiger partial charge on any atom is 0.243 e. The SMILES string of the molecule is CC[C@@H](C)NC(=O)[C@H](CC)N(Cc1ccccc1C)C(=O)Cc1c(F)cccc1Cl. The molecule has 30 heavy (non-hydrogen) atoms. The van der Waals surface area contributed by atoms with Gasteiger partial charge in [-0.05, 0) is 49.9 Å². The summed E-state index contributed by atoms with van der Waals surface area (Å²) in [4.78, 5) is 27.8. The Balaban J connectivity index is 2.37. The summed E-state index contributed by atoms with van der Waals surface area (Å²) < 4.78 is 14.3. The molecule has 0 fully saturated rings. The van der Waals surface area contributed by atoms with Crippen LogP contribution >= 0.6 is 11.6 Å². The van der Waals surface area contributed by atoms with E-state index in [1.54, 1.807) is 11.0 Å². The minimum Gasteiger partial charge on any atom is -0.352 e. The normalized spacial score (nSPS) is 12.9. The van der Waals surface area contributed by atoms with E-state index in [2.05, 4.69) is 5.32 Å². The zero-order valence-corrected chi connectivity index (χ0v) is 18.8. The van der Waals surface area contributed by atoms with Crippen molar-refractivity contribution in [3.8, 4) is 0 Å². The first-order valence-corrected chi connectivity index (χ1v) is 10.7. The summed E-state index contributed by atoms with van der Waals surface area (Å²) in [6.45, 7) is 8.02. The Morgan fingerprint density at radius 3 is 2.40 bits per heavy atom. The number of halogens is 2. The monoisotopic (exact) mass is 432 g/mol. The zero-order valence-electron chi connectivity index (χ0n) is 18.0. The van der Waals surface area contributed by atoms with Crippen LogP contribution in [0.25, 0.3) is 0 Å². The fourth-order valence-electron chi connectivity index (χ4n) is 3.29. The van der Waals surface area contributed by atoms with E-state index in [4.69, 9.17) is 11.6 Å². The van der Waals surface area contributed by atoms with Crippen LogP contribution in [0.15, 0.2) is 42.5 Å². The molecular weight excluding hydrogens is 403 g/mol. The van der Waals surface area contributed by atoms with E-state index in [0.717, 1.165) is 17.5 Å². The molecule has 2 aromatic carbocycles. The molecule has 2 rings (SSSR count). The van der Waals surface area contributed by atoms with E-state index >= 15 is 0 Å². The lowest BCUT2D eigenvalue weighted by Gasteiger charge is -2.32. The molecule has 0 unspecified atom stereocenters. The Kier molecular flexibility index (Phi) is 8.85. The molecule has 1 N–H and O–H groups in total. The maximum absolute atomic E-state index is 14.3. The molecule has 0 aromatic heterocycles. The van der Waals surface area contributed by atoms with Crippen molar-refractivity contribution >= 4 is 23.4 Å². The van der Waals surface area contributed by atoms with E-state index in [1.165, 1.54) is 12.1 Å². The first kappa shape index (κ1) is 23.9. The van der Waals surface area contributed by atoms with Gasteiger partial charge in [-0.2, -0.15) is 0 Å². The van der Waals surface area contributed by atoms with Crippen molar-refractivity contribution in [1.82, 2.24) is 10.2 Å². The third-order valence-corrected chi connectivity index (χ3v) is 5.73. The van der Waals surface area contributed by atoms with Crippen molar-refractivity contribution in [2.45, 2.75) is 65.6 Å². The Bertz CT molecular complexity index is 867. The maximum atomic E-state index is 14.3. The van der Waals surface area contributed by atoms with Crippen molar-refractivity contribution in [1.29, 1.82) is 0 Å². The molecule has 0 saturated heterocycles. The molecule has 0 heterocycles. The van der Waals surface area contributed by atoms with Crippen LogP contribution in [-0.2, 0) is 22.6 Å². The second kappa shape index (κ2) is 11.1. The first-order valence-electron chi connectivity index (χ1n) is 10.4. The molecule has 0 saturated carbocycles. The summed E-state index contributed by atoms with van der Waals surface area (Å²) >= 11 is 6.14. The number of nitrogens with one attached hydrogen (secondary N) is 1. The van der Waals surface area contributed by atoms with Gasteiger partial charge in [0.1, 0.15) is 11.9 Å². The van der Waals surface area contributed by atoms with Crippen LogP contribution in [0.2, 0.25) is 5.02 Å². The van der Waals surface area contributed by atoms with E-state index in [9.17, 15) is 14.0 Å². The van der Waals surface area contributed by atoms with Gasteiger partial charge in [0.2, 0.25) is 11.8 Å². The number of hydrogen-bond donors (Lipinski definition) is 1. The lowest BCUT2D eigenvalue weighted by molar-refractivity contribution is -0.141. The summed E-state index contributed by atoms with van der Waals surface area (Å²) in [5.41, 5.74) is 2.12. The number of rotatable bonds is 9. The fourth-order valence-corrected chi connectivity index (χ4v) is 3.52. The number of aryl methyl sites for hydroxylation is 1. The van der Waals surface area contributed by atoms with Gasteiger partial charge in [0.25, 0.3) is 0 Å². The van der Waals surface area contributed by atoms with Gasteiger partial charge in [-0.1, -0.05) is 55.8 Å². The number of nitrogens with zero attached hydrogens (tertiary/aromatic N) is 1. The minimum atomic E-state index is -0.656. The summed E-state index contributed by atoms with van der Waals surface area (Å²) in [5.74, 6) is -1.06. The predicted octanol–water partition coefficient (Wildman–Crippen LogP) is 5.05. The standard InChI is InChI=1S/C24H30ClFN2O2/c1-5-17(4)27-24(30)22(6-2)28(15-18-11-8-7-10-16(18)3)23(29)14-19-20(25)12-9-13-21(19)26/h7-13,17,22H,5-6,14-15H2,1-4H3,(H,27,30)/t17-,22+/m1/s1. The highest BCUT2D eigenvalue weighted by Crippen LogP contribution is 2.22. The van der Waals surface area contributed by atoms with Crippen LogP contribution in [0, 0.1) is 12.7 Å². The largest absolute Gasteiger partial charge is 0.352 e. The topological polar surface area (TPSA) is 49.4 Å². The van der Waals surface area contributed by atoms with Gasteiger partial charge < -0.3 is 10.2 Å². The molecule has 0 spiro atoms. The molecule has 2 aromatic rings. The molecule has 162 valence electrons. The first-order chi connectivity index (χ1) is 14.3. The Hall–Kier alpha value is -2.40. The lowest BCUT2D eigenvalue weighted by Crippen LogP contribution is -2.51. The predicted molar refractivity (Wildman–Crippen MR) is 119 cm³/mol. The molecule has 4 nitrogen and oxygen atoms in total. The van der Waals surface area contributed by atoms with Gasteiger partial charge in [-0.3, -0.25) is 9.59 Å². The van der Waals surface area contributed by atoms with Crippen LogP contribution in [-0.4, -0.2) is 28.8 Å². The number of carbonyl (C=O) groups is 2. The average Bonchev–Trinajstić information content (AvgIpc) is 2.71. The highest BCUT2D eigenvalue weighted by atomic mass is 35.5. The quantitative estimate of drug-likeness (QED) is 0.602. The van der Waals surface area contributed by atoms with Crippen molar-refractivity contribution in [3.05, 3.63) is 70.0 Å². The highest BCUT2D eigenvalue weighted by Gasteiger charge is 2.30. The third-order valence-electron chi connectivity index (χ3n) is 5.38. The van der Waals surface area contributed by atoms with Gasteiger partial charge >= 0.3 is 0 Å². The summed E-state index contributed by atoms with van der Waals surface area (Å²) in [6, 6.07) is 11.4. The van der Waals surface area contributed by atoms with Gasteiger partial charge in [0.15, 0.2) is 0 Å². The van der Waals surface area contributed by atoms with Crippen LogP contribution in [0.1, 0.15) is 50.3 Å². The zero-order chi connectivity index (χ0) is 22.3. The van der Waals surface area contributed by atoms with Crippen molar-refractivity contribution in [2.24, 2.45) is 0 Å². The number of carbonyl (C=O) groups excluding carboxylic acids is 2. The average molecular weight is 433 g/mol. The van der Waals surface area contributed by atoms with Gasteiger partial charge in [-0.15, -0.1) is 0 Å². The summed E-state index contributed by atoms with van der Waals surface area (Å²) in [5, 5.41) is 3.17. The fraction of sp³-hybridized carbons (Fsp3) is 0.417. The van der Waals surface area contributed by atoms with Gasteiger partial charge in [-0.25, -0.2) is 4.39 Å². The molecule has 2 atom stereocenters. The Morgan fingerprint density at radius 2 is 1.80 bits per heavy atom. The molecule has 0 radical (unpaired) electrons. The second-order valence-electron chi connectivity index (χ2n) is 7.57. The highest BCUT2D eigenvalue weighted by molar-refractivity contribution is 6.31. The minimum absolute atomic E-state index is 0.00276. The van der Waals surface area contributed by atoms with E-state index in [-0.39, 0.29) is 41.4 Å². The second-order valence-corrected chi connectivity index (χ2v) is 7.97. The smallest absolute Gasteiger partial charge is 0.243 e. The lowest BCUT2D eigenvalue weighted by atomic mass is 10.0. The van der Waals surface area contributed by atoms with E-state index < -0.39 is 11.9 Å². The molecular formula is C24H30ClFN2O2. The summed E-state index contributed by atoms with van der Waals surface area (Å²) in [7, 11) is 0. The molecule has 2 amide bonds. The number of amides is 2. The van der Waals surface area contributed by atoms with Crippen LogP contribution in [0.4, 0.5) is 4.39 Å². The molecule has 0 bridgehead atoms. The third kappa shape index (κ3) is 6.05. The van der Waals surface area contributed by atoms with Crippen molar-refractivity contribution < 1.29 is 14.0 Å². The number of hydrogen-bond acceptors (Lipinski definition) is 2. The van der Waals surface area contributed by atoms with Gasteiger partial charge in [0.05, 0.1) is 6.42 Å². The van der Waals surface area contributed by atoms with E-state index in [1.807, 2.05) is 52.0 Å². The summed E-state index contributed by atoms with van der Waals surface area (Å²) in [6.07, 6.45) is 1.04.